The van der Waals surface area contributed by atoms with Crippen LogP contribution in [-0.4, -0.2) is 26.3 Å². The SMILES string of the molecule is NC(CN1CCc2ccccc21)c1ccc2c(c1)OCCO2. The Kier molecular flexibility index (Phi) is 3.39. The number of rotatable bonds is 3. The lowest BCUT2D eigenvalue weighted by Gasteiger charge is -2.25. The van der Waals surface area contributed by atoms with Crippen LogP contribution in [-0.2, 0) is 6.42 Å². The molecule has 22 heavy (non-hydrogen) atoms. The number of hydrogen-bond acceptors (Lipinski definition) is 4. The molecule has 4 rings (SSSR count). The van der Waals surface area contributed by atoms with Crippen LogP contribution in [0.4, 0.5) is 5.69 Å². The molecular weight excluding hydrogens is 276 g/mol. The second kappa shape index (κ2) is 5.54. The highest BCUT2D eigenvalue weighted by atomic mass is 16.6. The molecule has 2 heterocycles. The molecule has 0 aliphatic carbocycles. The maximum absolute atomic E-state index is 6.43. The summed E-state index contributed by atoms with van der Waals surface area (Å²) in [6, 6.07) is 14.5. The van der Waals surface area contributed by atoms with Gasteiger partial charge in [0.15, 0.2) is 11.5 Å². The van der Waals surface area contributed by atoms with Gasteiger partial charge in [-0.25, -0.2) is 0 Å². The summed E-state index contributed by atoms with van der Waals surface area (Å²) in [4.78, 5) is 2.37. The Hall–Kier alpha value is -2.20. The highest BCUT2D eigenvalue weighted by Crippen LogP contribution is 2.33. The summed E-state index contributed by atoms with van der Waals surface area (Å²) in [6.07, 6.45) is 1.10. The van der Waals surface area contributed by atoms with Gasteiger partial charge in [0.05, 0.1) is 0 Å². The zero-order valence-corrected chi connectivity index (χ0v) is 12.5. The molecule has 2 aliphatic rings. The molecule has 114 valence electrons. The normalized spacial score (nSPS) is 17.2. The lowest BCUT2D eigenvalue weighted by atomic mass is 10.1. The van der Waals surface area contributed by atoms with Crippen molar-refractivity contribution in [1.29, 1.82) is 0 Å². The molecule has 0 saturated carbocycles. The van der Waals surface area contributed by atoms with E-state index < -0.39 is 0 Å². The summed E-state index contributed by atoms with van der Waals surface area (Å²) in [5, 5.41) is 0. The monoisotopic (exact) mass is 296 g/mol. The lowest BCUT2D eigenvalue weighted by Crippen LogP contribution is -2.31. The van der Waals surface area contributed by atoms with Gasteiger partial charge in [-0.2, -0.15) is 0 Å². The smallest absolute Gasteiger partial charge is 0.161 e. The Morgan fingerprint density at radius 3 is 2.77 bits per heavy atom. The first-order valence-electron chi connectivity index (χ1n) is 7.79. The number of fused-ring (bicyclic) bond motifs is 2. The molecule has 2 aromatic rings. The average Bonchev–Trinajstić information content (AvgIpc) is 2.97. The van der Waals surface area contributed by atoms with Crippen molar-refractivity contribution in [2.75, 3.05) is 31.2 Å². The van der Waals surface area contributed by atoms with Crippen molar-refractivity contribution in [3.63, 3.8) is 0 Å². The third-order valence-corrected chi connectivity index (χ3v) is 4.39. The van der Waals surface area contributed by atoms with E-state index in [0.29, 0.717) is 13.2 Å². The highest BCUT2D eigenvalue weighted by Gasteiger charge is 2.22. The predicted molar refractivity (Wildman–Crippen MR) is 86.7 cm³/mol. The number of para-hydroxylation sites is 1. The Bertz CT molecular complexity index is 687. The van der Waals surface area contributed by atoms with Gasteiger partial charge in [-0.1, -0.05) is 24.3 Å². The molecule has 0 saturated heterocycles. The first-order valence-corrected chi connectivity index (χ1v) is 7.79. The van der Waals surface area contributed by atoms with E-state index in [1.807, 2.05) is 18.2 Å². The Morgan fingerprint density at radius 1 is 1.05 bits per heavy atom. The van der Waals surface area contributed by atoms with Gasteiger partial charge < -0.3 is 20.1 Å². The van der Waals surface area contributed by atoms with E-state index in [1.165, 1.54) is 11.3 Å². The fourth-order valence-electron chi connectivity index (χ4n) is 3.23. The van der Waals surface area contributed by atoms with Crippen LogP contribution in [0.1, 0.15) is 17.2 Å². The number of nitrogens with zero attached hydrogens (tertiary/aromatic N) is 1. The van der Waals surface area contributed by atoms with Crippen molar-refractivity contribution in [2.24, 2.45) is 5.73 Å². The number of hydrogen-bond donors (Lipinski definition) is 1. The number of anilines is 1. The molecule has 0 amide bonds. The Labute approximate surface area is 130 Å². The van der Waals surface area contributed by atoms with Gasteiger partial charge in [-0.15, -0.1) is 0 Å². The van der Waals surface area contributed by atoms with Gasteiger partial charge in [0.25, 0.3) is 0 Å². The maximum Gasteiger partial charge on any atom is 0.161 e. The zero-order chi connectivity index (χ0) is 14.9. The van der Waals surface area contributed by atoms with Crippen LogP contribution in [0, 0.1) is 0 Å². The van der Waals surface area contributed by atoms with Crippen LogP contribution < -0.4 is 20.1 Å². The number of nitrogens with two attached hydrogens (primary N) is 1. The molecule has 0 aromatic heterocycles. The molecule has 2 N–H and O–H groups in total. The minimum Gasteiger partial charge on any atom is -0.486 e. The lowest BCUT2D eigenvalue weighted by molar-refractivity contribution is 0.171. The van der Waals surface area contributed by atoms with Crippen LogP contribution in [0.2, 0.25) is 0 Å². The second-order valence-electron chi connectivity index (χ2n) is 5.83. The standard InChI is InChI=1S/C18H20N2O2/c19-15(12-20-8-7-13-3-1-2-4-16(13)20)14-5-6-17-18(11-14)22-10-9-21-17/h1-6,11,15H,7-10,12,19H2. The first-order chi connectivity index (χ1) is 10.8. The highest BCUT2D eigenvalue weighted by molar-refractivity contribution is 5.58. The van der Waals surface area contributed by atoms with Gasteiger partial charge in [-0.3, -0.25) is 0 Å². The van der Waals surface area contributed by atoms with Crippen molar-refractivity contribution < 1.29 is 9.47 Å². The molecule has 0 spiro atoms. The Balaban J connectivity index is 1.52. The molecule has 4 heteroatoms. The summed E-state index contributed by atoms with van der Waals surface area (Å²) < 4.78 is 11.2. The number of benzene rings is 2. The minimum absolute atomic E-state index is 0.0398. The third kappa shape index (κ3) is 2.40. The van der Waals surface area contributed by atoms with Gasteiger partial charge in [0.2, 0.25) is 0 Å². The van der Waals surface area contributed by atoms with E-state index >= 15 is 0 Å². The zero-order valence-electron chi connectivity index (χ0n) is 12.5. The van der Waals surface area contributed by atoms with Crippen molar-refractivity contribution in [1.82, 2.24) is 0 Å². The average molecular weight is 296 g/mol. The van der Waals surface area contributed by atoms with Gasteiger partial charge >= 0.3 is 0 Å². The summed E-state index contributed by atoms with van der Waals surface area (Å²) in [6.45, 7) is 3.07. The topological polar surface area (TPSA) is 47.7 Å². The summed E-state index contributed by atoms with van der Waals surface area (Å²) in [7, 11) is 0. The summed E-state index contributed by atoms with van der Waals surface area (Å²) >= 11 is 0. The van der Waals surface area contributed by atoms with Crippen LogP contribution in [0.25, 0.3) is 0 Å². The van der Waals surface area contributed by atoms with Crippen molar-refractivity contribution in [2.45, 2.75) is 12.5 Å². The molecule has 2 aliphatic heterocycles. The summed E-state index contributed by atoms with van der Waals surface area (Å²) in [5.74, 6) is 1.62. The van der Waals surface area contributed by atoms with E-state index in [2.05, 4.69) is 29.2 Å². The van der Waals surface area contributed by atoms with Crippen LogP contribution >= 0.6 is 0 Å². The van der Waals surface area contributed by atoms with Crippen LogP contribution in [0.5, 0.6) is 11.5 Å². The fourth-order valence-corrected chi connectivity index (χ4v) is 3.23. The van der Waals surface area contributed by atoms with Gasteiger partial charge in [-0.05, 0) is 35.7 Å². The quantitative estimate of drug-likeness (QED) is 0.945. The molecule has 4 nitrogen and oxygen atoms in total. The Morgan fingerprint density at radius 2 is 1.86 bits per heavy atom. The largest absolute Gasteiger partial charge is 0.486 e. The molecule has 1 unspecified atom stereocenters. The molecule has 0 bridgehead atoms. The molecular formula is C18H20N2O2. The van der Waals surface area contributed by atoms with Crippen molar-refractivity contribution >= 4 is 5.69 Å². The van der Waals surface area contributed by atoms with E-state index in [9.17, 15) is 0 Å². The van der Waals surface area contributed by atoms with Crippen molar-refractivity contribution in [3.8, 4) is 11.5 Å². The molecule has 0 fully saturated rings. The summed E-state index contributed by atoms with van der Waals surface area (Å²) in [5.41, 5.74) is 10.2. The first kappa shape index (κ1) is 13.5. The van der Waals surface area contributed by atoms with Gasteiger partial charge in [0.1, 0.15) is 13.2 Å². The van der Waals surface area contributed by atoms with E-state index in [0.717, 1.165) is 36.6 Å². The minimum atomic E-state index is -0.0398. The van der Waals surface area contributed by atoms with E-state index in [1.54, 1.807) is 0 Å². The maximum atomic E-state index is 6.43. The fraction of sp³-hybridized carbons (Fsp3) is 0.333. The third-order valence-electron chi connectivity index (χ3n) is 4.39. The van der Waals surface area contributed by atoms with Gasteiger partial charge in [0, 0.05) is 24.8 Å². The number of ether oxygens (including phenoxy) is 2. The van der Waals surface area contributed by atoms with E-state index in [4.69, 9.17) is 15.2 Å². The predicted octanol–water partition coefficient (Wildman–Crippen LogP) is 2.52. The van der Waals surface area contributed by atoms with E-state index in [-0.39, 0.29) is 6.04 Å². The molecule has 1 atom stereocenters. The molecule has 2 aromatic carbocycles. The molecule has 0 radical (unpaired) electrons. The second-order valence-corrected chi connectivity index (χ2v) is 5.83. The van der Waals surface area contributed by atoms with Crippen LogP contribution in [0.3, 0.4) is 0 Å². The van der Waals surface area contributed by atoms with Crippen LogP contribution in [0.15, 0.2) is 42.5 Å². The van der Waals surface area contributed by atoms with Crippen molar-refractivity contribution in [3.05, 3.63) is 53.6 Å².